The highest BCUT2D eigenvalue weighted by atomic mass is 35.5. The lowest BCUT2D eigenvalue weighted by molar-refractivity contribution is -0.112. The molecule has 1 heterocycles. The Kier molecular flexibility index (Phi) is 6.32. The van der Waals surface area contributed by atoms with E-state index in [9.17, 15) is 15.2 Å². The Bertz CT molecular complexity index is 1070. The average molecular weight is 430 g/mol. The van der Waals surface area contributed by atoms with Crippen molar-refractivity contribution < 1.29 is 9.90 Å². The predicted octanol–water partition coefficient (Wildman–Crippen LogP) is 5.29. The molecule has 1 aromatic heterocycles. The molecule has 0 unspecified atom stereocenters. The number of nitriles is 1. The van der Waals surface area contributed by atoms with Crippen molar-refractivity contribution in [2.75, 3.05) is 5.32 Å². The Morgan fingerprint density at radius 1 is 1.25 bits per heavy atom. The third-order valence-corrected chi connectivity index (χ3v) is 5.10. The summed E-state index contributed by atoms with van der Waals surface area (Å²) in [5.41, 5.74) is 2.22. The summed E-state index contributed by atoms with van der Waals surface area (Å²) in [7, 11) is 0. The van der Waals surface area contributed by atoms with Crippen molar-refractivity contribution in [3.63, 3.8) is 0 Å². The van der Waals surface area contributed by atoms with Crippen LogP contribution in [-0.4, -0.2) is 16.0 Å². The van der Waals surface area contributed by atoms with Gasteiger partial charge in [-0.2, -0.15) is 5.26 Å². The van der Waals surface area contributed by atoms with Gasteiger partial charge in [0, 0.05) is 11.8 Å². The topological polar surface area (TPSA) is 86.0 Å². The molecule has 2 N–H and O–H groups in total. The van der Waals surface area contributed by atoms with Crippen LogP contribution in [-0.2, 0) is 11.2 Å². The fraction of sp³-hybridized carbons (Fsp3) is 0.0500. The van der Waals surface area contributed by atoms with E-state index in [1.54, 1.807) is 0 Å². The van der Waals surface area contributed by atoms with Crippen LogP contribution in [0.4, 0.5) is 5.13 Å². The number of nitrogens with zero attached hydrogens (tertiary/aromatic N) is 2. The van der Waals surface area contributed by atoms with E-state index in [0.29, 0.717) is 17.1 Å². The van der Waals surface area contributed by atoms with Crippen molar-refractivity contribution in [3.05, 3.63) is 80.3 Å². The molecular formula is C20H13Cl2N3O2S. The predicted molar refractivity (Wildman–Crippen MR) is 112 cm³/mol. The van der Waals surface area contributed by atoms with Gasteiger partial charge in [0.05, 0.1) is 15.7 Å². The number of nitrogens with one attached hydrogen (secondary N) is 1. The summed E-state index contributed by atoms with van der Waals surface area (Å²) in [5.74, 6) is -0.847. The van der Waals surface area contributed by atoms with Crippen molar-refractivity contribution in [2.45, 2.75) is 6.42 Å². The van der Waals surface area contributed by atoms with Crippen LogP contribution in [0.15, 0.2) is 53.4 Å². The van der Waals surface area contributed by atoms with Gasteiger partial charge < -0.3 is 5.11 Å². The fourth-order valence-corrected chi connectivity index (χ4v) is 3.61. The van der Waals surface area contributed by atoms with E-state index in [1.807, 2.05) is 41.8 Å². The second kappa shape index (κ2) is 8.89. The Labute approximate surface area is 175 Å². The number of aromatic hydroxyl groups is 1. The number of phenols is 1. The third kappa shape index (κ3) is 4.90. The standard InChI is InChI=1S/C20H13Cl2N3O2S/c21-16-8-13(9-17(22)18(16)26)6-14(10-23)19(27)25-20-24-15(11-28-20)7-12-4-2-1-3-5-12/h1-6,8-9,11,26H,7H2,(H,24,25,27)/b14-6+. The zero-order valence-corrected chi connectivity index (χ0v) is 16.6. The zero-order chi connectivity index (χ0) is 20.1. The van der Waals surface area contributed by atoms with Crippen LogP contribution >= 0.6 is 34.5 Å². The van der Waals surface area contributed by atoms with Gasteiger partial charge >= 0.3 is 0 Å². The molecule has 0 aliphatic heterocycles. The van der Waals surface area contributed by atoms with Crippen LogP contribution in [0, 0.1) is 11.3 Å². The molecule has 0 saturated heterocycles. The highest BCUT2D eigenvalue weighted by molar-refractivity contribution is 7.14. The minimum absolute atomic E-state index is 0.0296. The van der Waals surface area contributed by atoms with Gasteiger partial charge in [0.1, 0.15) is 11.6 Å². The molecule has 0 saturated carbocycles. The summed E-state index contributed by atoms with van der Waals surface area (Å²) in [6, 6.07) is 14.5. The van der Waals surface area contributed by atoms with Gasteiger partial charge in [0.15, 0.2) is 10.9 Å². The number of halogens is 2. The number of thiazole rings is 1. The summed E-state index contributed by atoms with van der Waals surface area (Å²) in [6.07, 6.45) is 1.99. The van der Waals surface area contributed by atoms with E-state index in [2.05, 4.69) is 10.3 Å². The smallest absolute Gasteiger partial charge is 0.268 e. The number of hydrogen-bond acceptors (Lipinski definition) is 5. The number of anilines is 1. The normalized spacial score (nSPS) is 11.1. The first-order valence-corrected chi connectivity index (χ1v) is 9.69. The van der Waals surface area contributed by atoms with Gasteiger partial charge in [-0.25, -0.2) is 4.98 Å². The van der Waals surface area contributed by atoms with Crippen LogP contribution in [0.5, 0.6) is 5.75 Å². The maximum atomic E-state index is 12.4. The lowest BCUT2D eigenvalue weighted by Gasteiger charge is -2.03. The molecule has 140 valence electrons. The first kappa shape index (κ1) is 19.9. The lowest BCUT2D eigenvalue weighted by atomic mass is 10.1. The van der Waals surface area contributed by atoms with Crippen molar-refractivity contribution in [3.8, 4) is 11.8 Å². The van der Waals surface area contributed by atoms with Crippen molar-refractivity contribution in [1.82, 2.24) is 4.98 Å². The number of carbonyl (C=O) groups is 1. The highest BCUT2D eigenvalue weighted by Crippen LogP contribution is 2.33. The molecule has 8 heteroatoms. The maximum Gasteiger partial charge on any atom is 0.268 e. The van der Waals surface area contributed by atoms with E-state index in [0.717, 1.165) is 11.3 Å². The molecule has 3 aromatic rings. The summed E-state index contributed by atoms with van der Waals surface area (Å²) in [4.78, 5) is 16.8. The molecule has 0 aliphatic rings. The third-order valence-electron chi connectivity index (χ3n) is 3.72. The monoisotopic (exact) mass is 429 g/mol. The minimum atomic E-state index is -0.594. The molecule has 0 spiro atoms. The Hall–Kier alpha value is -2.85. The zero-order valence-electron chi connectivity index (χ0n) is 14.3. The molecule has 0 atom stereocenters. The molecule has 0 fully saturated rings. The summed E-state index contributed by atoms with van der Waals surface area (Å²) in [6.45, 7) is 0. The molecule has 0 bridgehead atoms. The van der Waals surface area contributed by atoms with Gasteiger partial charge in [-0.3, -0.25) is 10.1 Å². The quantitative estimate of drug-likeness (QED) is 0.425. The lowest BCUT2D eigenvalue weighted by Crippen LogP contribution is -2.13. The molecule has 1 amide bonds. The van der Waals surface area contributed by atoms with E-state index < -0.39 is 5.91 Å². The van der Waals surface area contributed by atoms with Gasteiger partial charge in [0.25, 0.3) is 5.91 Å². The number of amides is 1. The maximum absolute atomic E-state index is 12.4. The fourth-order valence-electron chi connectivity index (χ4n) is 2.40. The minimum Gasteiger partial charge on any atom is -0.505 e. The van der Waals surface area contributed by atoms with E-state index in [-0.39, 0.29) is 21.4 Å². The first-order chi connectivity index (χ1) is 13.5. The Morgan fingerprint density at radius 2 is 1.93 bits per heavy atom. The molecular weight excluding hydrogens is 417 g/mol. The average Bonchev–Trinajstić information content (AvgIpc) is 3.11. The number of carbonyl (C=O) groups excluding carboxylic acids is 1. The second-order valence-corrected chi connectivity index (χ2v) is 7.44. The number of phenolic OH excluding ortho intramolecular Hbond substituents is 1. The number of hydrogen-bond donors (Lipinski definition) is 2. The number of benzene rings is 2. The largest absolute Gasteiger partial charge is 0.505 e. The second-order valence-electron chi connectivity index (χ2n) is 5.76. The van der Waals surface area contributed by atoms with Crippen molar-refractivity contribution in [2.24, 2.45) is 0 Å². The van der Waals surface area contributed by atoms with Crippen LogP contribution in [0.3, 0.4) is 0 Å². The summed E-state index contributed by atoms with van der Waals surface area (Å²) in [5, 5.41) is 23.9. The van der Waals surface area contributed by atoms with Crippen LogP contribution in [0.2, 0.25) is 10.0 Å². The summed E-state index contributed by atoms with van der Waals surface area (Å²) < 4.78 is 0. The van der Waals surface area contributed by atoms with Crippen LogP contribution < -0.4 is 5.32 Å². The van der Waals surface area contributed by atoms with Gasteiger partial charge in [-0.15, -0.1) is 11.3 Å². The van der Waals surface area contributed by atoms with Gasteiger partial charge in [0.2, 0.25) is 0 Å². The molecule has 2 aromatic carbocycles. The molecule has 3 rings (SSSR count). The van der Waals surface area contributed by atoms with Crippen LogP contribution in [0.25, 0.3) is 6.08 Å². The van der Waals surface area contributed by atoms with E-state index in [4.69, 9.17) is 23.2 Å². The molecule has 28 heavy (non-hydrogen) atoms. The van der Waals surface area contributed by atoms with Gasteiger partial charge in [-0.1, -0.05) is 53.5 Å². The Morgan fingerprint density at radius 3 is 2.57 bits per heavy atom. The van der Waals surface area contributed by atoms with Gasteiger partial charge in [-0.05, 0) is 29.3 Å². The summed E-state index contributed by atoms with van der Waals surface area (Å²) >= 11 is 13.0. The SMILES string of the molecule is N#C/C(=C\c1cc(Cl)c(O)c(Cl)c1)C(=O)Nc1nc(Cc2ccccc2)cs1. The van der Waals surface area contributed by atoms with E-state index >= 15 is 0 Å². The Balaban J connectivity index is 1.73. The van der Waals surface area contributed by atoms with E-state index in [1.165, 1.54) is 29.5 Å². The molecule has 0 radical (unpaired) electrons. The van der Waals surface area contributed by atoms with Crippen molar-refractivity contribution in [1.29, 1.82) is 5.26 Å². The number of rotatable bonds is 5. The number of aromatic nitrogens is 1. The highest BCUT2D eigenvalue weighted by Gasteiger charge is 2.13. The first-order valence-electron chi connectivity index (χ1n) is 8.05. The van der Waals surface area contributed by atoms with Crippen molar-refractivity contribution >= 4 is 51.7 Å². The van der Waals surface area contributed by atoms with Crippen LogP contribution in [0.1, 0.15) is 16.8 Å². The molecule has 5 nitrogen and oxygen atoms in total. The molecule has 0 aliphatic carbocycles.